The number of aliphatic hydroxyl groups excluding tert-OH is 5. The molecule has 1 rings (SSSR count). The molecule has 0 bridgehead atoms. The number of ether oxygens (including phenoxy) is 2. The molecule has 1 aliphatic rings. The van der Waals surface area contributed by atoms with E-state index in [1.165, 1.54) is 0 Å². The summed E-state index contributed by atoms with van der Waals surface area (Å²) in [4.78, 5) is 0. The van der Waals surface area contributed by atoms with E-state index in [2.05, 4.69) is 0 Å². The summed E-state index contributed by atoms with van der Waals surface area (Å²) in [5, 5.41) is 45.9. The van der Waals surface area contributed by atoms with Crippen molar-refractivity contribution in [2.24, 2.45) is 0 Å². The Morgan fingerprint density at radius 2 is 1.71 bits per heavy atom. The second kappa shape index (κ2) is 7.49. The van der Waals surface area contributed by atoms with Gasteiger partial charge in [-0.3, -0.25) is 0 Å². The van der Waals surface area contributed by atoms with Crippen molar-refractivity contribution in [2.75, 3.05) is 25.6 Å². The molecule has 102 valence electrons. The van der Waals surface area contributed by atoms with Crippen LogP contribution in [0.1, 0.15) is 0 Å². The molecule has 0 radical (unpaired) electrons. The van der Waals surface area contributed by atoms with Gasteiger partial charge < -0.3 is 35.0 Å². The van der Waals surface area contributed by atoms with Gasteiger partial charge in [-0.15, -0.1) is 11.8 Å². The first-order valence-corrected chi connectivity index (χ1v) is 6.30. The van der Waals surface area contributed by atoms with Gasteiger partial charge >= 0.3 is 0 Å². The Hall–Kier alpha value is 0.0700. The van der Waals surface area contributed by atoms with Crippen LogP contribution in [0.3, 0.4) is 0 Å². The fourth-order valence-electron chi connectivity index (χ4n) is 1.36. The van der Waals surface area contributed by atoms with Gasteiger partial charge in [0.15, 0.2) is 6.29 Å². The molecule has 1 aliphatic heterocycles. The van der Waals surface area contributed by atoms with Gasteiger partial charge in [0.1, 0.15) is 23.7 Å². The largest absolute Gasteiger partial charge is 0.394 e. The predicted octanol–water partition coefficient (Wildman–Crippen LogP) is -2.51. The van der Waals surface area contributed by atoms with E-state index >= 15 is 0 Å². The van der Waals surface area contributed by atoms with Crippen LogP contribution in [0.5, 0.6) is 0 Å². The highest BCUT2D eigenvalue weighted by molar-refractivity contribution is 7.99. The molecule has 8 heteroatoms. The maximum atomic E-state index is 9.58. The summed E-state index contributed by atoms with van der Waals surface area (Å²) in [6, 6.07) is 0. The van der Waals surface area contributed by atoms with Crippen molar-refractivity contribution < 1.29 is 35.0 Å². The lowest BCUT2D eigenvalue weighted by Gasteiger charge is -2.37. The molecular formula is C9H18O7S. The van der Waals surface area contributed by atoms with Crippen LogP contribution in [-0.4, -0.2) is 81.1 Å². The minimum absolute atomic E-state index is 0.0587. The van der Waals surface area contributed by atoms with Gasteiger partial charge in [-0.25, -0.2) is 0 Å². The second-order valence-electron chi connectivity index (χ2n) is 3.57. The Labute approximate surface area is 103 Å². The number of aliphatic hydroxyl groups is 5. The number of thioether (sulfide) groups is 1. The summed E-state index contributed by atoms with van der Waals surface area (Å²) in [5.41, 5.74) is -0.818. The van der Waals surface area contributed by atoms with Crippen LogP contribution in [0.4, 0.5) is 0 Å². The first-order valence-electron chi connectivity index (χ1n) is 5.26. The standard InChI is InChI=1S/C9H18O7S/c10-1-2-15-3-4-17-9-7(13)5(11)6(12)8(14)16-9/h5-14H,1-4H2. The van der Waals surface area contributed by atoms with E-state index in [4.69, 9.17) is 14.6 Å². The molecule has 1 heterocycles. The summed E-state index contributed by atoms with van der Waals surface area (Å²) < 4.78 is 9.94. The van der Waals surface area contributed by atoms with Crippen LogP contribution in [-0.2, 0) is 9.47 Å². The van der Waals surface area contributed by atoms with E-state index in [9.17, 15) is 20.4 Å². The van der Waals surface area contributed by atoms with Gasteiger partial charge in [0.25, 0.3) is 0 Å². The molecule has 0 aromatic heterocycles. The van der Waals surface area contributed by atoms with Crippen LogP contribution in [0, 0.1) is 0 Å². The summed E-state index contributed by atoms with van der Waals surface area (Å²) >= 11 is 1.16. The highest BCUT2D eigenvalue weighted by Crippen LogP contribution is 2.27. The van der Waals surface area contributed by atoms with E-state index in [1.807, 2.05) is 0 Å². The molecule has 0 saturated carbocycles. The topological polar surface area (TPSA) is 120 Å². The maximum Gasteiger partial charge on any atom is 0.185 e. The molecule has 5 unspecified atom stereocenters. The van der Waals surface area contributed by atoms with Crippen molar-refractivity contribution in [3.8, 4) is 0 Å². The third-order valence-electron chi connectivity index (χ3n) is 2.29. The lowest BCUT2D eigenvalue weighted by atomic mass is 10.1. The minimum atomic E-state index is -1.51. The Morgan fingerprint density at radius 1 is 1.00 bits per heavy atom. The van der Waals surface area contributed by atoms with Gasteiger partial charge in [-0.2, -0.15) is 0 Å². The normalized spacial score (nSPS) is 38.3. The average Bonchev–Trinajstić information content (AvgIpc) is 2.32. The molecule has 5 N–H and O–H groups in total. The van der Waals surface area contributed by atoms with Crippen LogP contribution in [0.15, 0.2) is 0 Å². The summed E-state index contributed by atoms with van der Waals surface area (Å²) in [5.74, 6) is 0.470. The van der Waals surface area contributed by atoms with Crippen LogP contribution in [0.25, 0.3) is 0 Å². The van der Waals surface area contributed by atoms with Gasteiger partial charge in [0.05, 0.1) is 19.8 Å². The van der Waals surface area contributed by atoms with Crippen LogP contribution < -0.4 is 0 Å². The summed E-state index contributed by atoms with van der Waals surface area (Å²) in [6.07, 6.45) is -5.72. The maximum absolute atomic E-state index is 9.58. The van der Waals surface area contributed by atoms with Gasteiger partial charge in [-0.1, -0.05) is 0 Å². The molecular weight excluding hydrogens is 252 g/mol. The van der Waals surface area contributed by atoms with Crippen molar-refractivity contribution in [3.05, 3.63) is 0 Å². The SMILES string of the molecule is OCCOCCSC1OC(O)C(O)C(O)C1O. The average molecular weight is 270 g/mol. The van der Waals surface area contributed by atoms with Crippen molar-refractivity contribution >= 4 is 11.8 Å². The Morgan fingerprint density at radius 3 is 2.35 bits per heavy atom. The van der Waals surface area contributed by atoms with E-state index in [-0.39, 0.29) is 13.2 Å². The highest BCUT2D eigenvalue weighted by Gasteiger charge is 2.42. The van der Waals surface area contributed by atoms with E-state index in [0.29, 0.717) is 12.4 Å². The molecule has 1 saturated heterocycles. The van der Waals surface area contributed by atoms with Crippen molar-refractivity contribution in [3.63, 3.8) is 0 Å². The van der Waals surface area contributed by atoms with Crippen LogP contribution >= 0.6 is 11.8 Å². The number of rotatable bonds is 6. The summed E-state index contributed by atoms with van der Waals surface area (Å²) in [6.45, 7) is 0.530. The highest BCUT2D eigenvalue weighted by atomic mass is 32.2. The monoisotopic (exact) mass is 270 g/mol. The Bertz CT molecular complexity index is 218. The molecule has 1 fully saturated rings. The second-order valence-corrected chi connectivity index (χ2v) is 4.78. The van der Waals surface area contributed by atoms with Gasteiger partial charge in [0.2, 0.25) is 0 Å². The quantitative estimate of drug-likeness (QED) is 0.336. The minimum Gasteiger partial charge on any atom is -0.394 e. The lowest BCUT2D eigenvalue weighted by molar-refractivity contribution is -0.261. The fourth-order valence-corrected chi connectivity index (χ4v) is 2.35. The van der Waals surface area contributed by atoms with Crippen molar-refractivity contribution in [2.45, 2.75) is 30.0 Å². The molecule has 0 aromatic carbocycles. The van der Waals surface area contributed by atoms with Crippen LogP contribution in [0.2, 0.25) is 0 Å². The fraction of sp³-hybridized carbons (Fsp3) is 1.00. The smallest absolute Gasteiger partial charge is 0.185 e. The third-order valence-corrected chi connectivity index (χ3v) is 3.41. The van der Waals surface area contributed by atoms with E-state index in [1.54, 1.807) is 0 Å². The predicted molar refractivity (Wildman–Crippen MR) is 59.3 cm³/mol. The molecule has 0 spiro atoms. The lowest BCUT2D eigenvalue weighted by Crippen LogP contribution is -2.56. The molecule has 5 atom stereocenters. The third kappa shape index (κ3) is 4.34. The first-order chi connectivity index (χ1) is 8.07. The molecule has 0 amide bonds. The molecule has 17 heavy (non-hydrogen) atoms. The number of hydrogen-bond acceptors (Lipinski definition) is 8. The summed E-state index contributed by atoms with van der Waals surface area (Å²) in [7, 11) is 0. The van der Waals surface area contributed by atoms with Crippen molar-refractivity contribution in [1.82, 2.24) is 0 Å². The Kier molecular flexibility index (Phi) is 6.67. The number of hydrogen-bond donors (Lipinski definition) is 5. The molecule has 0 aliphatic carbocycles. The van der Waals surface area contributed by atoms with E-state index in [0.717, 1.165) is 11.8 Å². The Balaban J connectivity index is 2.28. The van der Waals surface area contributed by atoms with Gasteiger partial charge in [-0.05, 0) is 0 Å². The zero-order valence-corrected chi connectivity index (χ0v) is 9.99. The zero-order chi connectivity index (χ0) is 12.8. The van der Waals surface area contributed by atoms with Gasteiger partial charge in [0, 0.05) is 5.75 Å². The first kappa shape index (κ1) is 15.1. The van der Waals surface area contributed by atoms with E-state index < -0.39 is 30.0 Å². The molecule has 0 aromatic rings. The van der Waals surface area contributed by atoms with Crippen molar-refractivity contribution in [1.29, 1.82) is 0 Å². The molecule has 7 nitrogen and oxygen atoms in total. The zero-order valence-electron chi connectivity index (χ0n) is 9.18.